The lowest BCUT2D eigenvalue weighted by Gasteiger charge is -2.27. The second-order valence-corrected chi connectivity index (χ2v) is 6.85. The molecule has 0 aliphatic carbocycles. The zero-order valence-corrected chi connectivity index (χ0v) is 15.3. The number of morpholine rings is 1. The summed E-state index contributed by atoms with van der Waals surface area (Å²) in [7, 11) is 0. The minimum absolute atomic E-state index is 0.0203. The smallest absolute Gasteiger partial charge is 0.231 e. The van der Waals surface area contributed by atoms with E-state index in [4.69, 9.17) is 14.2 Å². The van der Waals surface area contributed by atoms with Gasteiger partial charge in [-0.05, 0) is 25.1 Å². The molecule has 2 aliphatic heterocycles. The molecule has 1 saturated heterocycles. The van der Waals surface area contributed by atoms with Gasteiger partial charge in [0.2, 0.25) is 12.7 Å². The summed E-state index contributed by atoms with van der Waals surface area (Å²) in [6.07, 6.45) is 0. The molecule has 0 bridgehead atoms. The number of hydrogen-bond acceptors (Lipinski definition) is 8. The molecule has 2 aliphatic rings. The molecule has 0 unspecified atom stereocenters. The number of nitrogens with zero attached hydrogens (tertiary/aromatic N) is 4. The first kappa shape index (κ1) is 17.2. The second kappa shape index (κ2) is 7.55. The SMILES string of the molecule is CCn1c(SCC(=O)c2ccc3c(c2)OCO3)nnc1N1CCOCC1. The molecule has 1 fully saturated rings. The van der Waals surface area contributed by atoms with Crippen molar-refractivity contribution in [2.24, 2.45) is 0 Å². The number of Topliss-reactive ketones (excluding diaryl/α,β-unsaturated/α-hetero) is 1. The van der Waals surface area contributed by atoms with E-state index in [1.165, 1.54) is 11.8 Å². The van der Waals surface area contributed by atoms with Gasteiger partial charge >= 0.3 is 0 Å². The Bertz CT molecular complexity index is 804. The zero-order chi connectivity index (χ0) is 17.9. The third-order valence-corrected chi connectivity index (χ3v) is 5.30. The summed E-state index contributed by atoms with van der Waals surface area (Å²) >= 11 is 1.40. The van der Waals surface area contributed by atoms with Crippen LogP contribution in [0, 0.1) is 0 Å². The third kappa shape index (κ3) is 3.36. The maximum absolute atomic E-state index is 12.5. The molecule has 26 heavy (non-hydrogen) atoms. The monoisotopic (exact) mass is 376 g/mol. The Morgan fingerprint density at radius 3 is 2.81 bits per heavy atom. The van der Waals surface area contributed by atoms with E-state index in [0.717, 1.165) is 30.7 Å². The molecule has 0 atom stereocenters. The van der Waals surface area contributed by atoms with Crippen molar-refractivity contribution in [3.05, 3.63) is 23.8 Å². The molecule has 0 radical (unpaired) electrons. The zero-order valence-electron chi connectivity index (χ0n) is 14.5. The van der Waals surface area contributed by atoms with Gasteiger partial charge in [0, 0.05) is 25.2 Å². The lowest BCUT2D eigenvalue weighted by molar-refractivity contribution is 0.102. The van der Waals surface area contributed by atoms with Gasteiger partial charge in [0.05, 0.1) is 19.0 Å². The highest BCUT2D eigenvalue weighted by Gasteiger charge is 2.21. The standard InChI is InChI=1S/C17H20N4O4S/c1-2-21-16(20-5-7-23-8-6-20)18-19-17(21)26-10-13(22)12-3-4-14-15(9-12)25-11-24-14/h3-4,9H,2,5-8,10-11H2,1H3. The highest BCUT2D eigenvalue weighted by atomic mass is 32.2. The molecule has 3 heterocycles. The van der Waals surface area contributed by atoms with E-state index in [0.29, 0.717) is 36.0 Å². The lowest BCUT2D eigenvalue weighted by Crippen LogP contribution is -2.38. The number of anilines is 1. The van der Waals surface area contributed by atoms with Crippen molar-refractivity contribution >= 4 is 23.5 Å². The predicted octanol–water partition coefficient (Wildman–Crippen LogP) is 1.84. The van der Waals surface area contributed by atoms with E-state index in [1.54, 1.807) is 18.2 Å². The molecule has 0 amide bonds. The molecular weight excluding hydrogens is 356 g/mol. The molecule has 0 saturated carbocycles. The fraction of sp³-hybridized carbons (Fsp3) is 0.471. The Hall–Kier alpha value is -2.26. The quantitative estimate of drug-likeness (QED) is 0.558. The topological polar surface area (TPSA) is 78.7 Å². The number of rotatable bonds is 6. The first-order valence-corrected chi connectivity index (χ1v) is 9.56. The maximum Gasteiger partial charge on any atom is 0.231 e. The van der Waals surface area contributed by atoms with Crippen LogP contribution in [-0.2, 0) is 11.3 Å². The van der Waals surface area contributed by atoms with Gasteiger partial charge in [0.1, 0.15) is 0 Å². The molecule has 138 valence electrons. The van der Waals surface area contributed by atoms with Crippen molar-refractivity contribution in [1.29, 1.82) is 0 Å². The normalized spacial score (nSPS) is 16.1. The van der Waals surface area contributed by atoms with E-state index >= 15 is 0 Å². The third-order valence-electron chi connectivity index (χ3n) is 4.33. The first-order valence-electron chi connectivity index (χ1n) is 8.58. The number of ketones is 1. The summed E-state index contributed by atoms with van der Waals surface area (Å²) < 4.78 is 18.1. The Morgan fingerprint density at radius 2 is 2.00 bits per heavy atom. The van der Waals surface area contributed by atoms with E-state index < -0.39 is 0 Å². The van der Waals surface area contributed by atoms with Gasteiger partial charge in [0.25, 0.3) is 0 Å². The maximum atomic E-state index is 12.5. The molecule has 9 heteroatoms. The summed E-state index contributed by atoms with van der Waals surface area (Å²) in [5.74, 6) is 2.45. The number of fused-ring (bicyclic) bond motifs is 1. The number of hydrogen-bond donors (Lipinski definition) is 0. The fourth-order valence-electron chi connectivity index (χ4n) is 2.95. The minimum atomic E-state index is 0.0203. The second-order valence-electron chi connectivity index (χ2n) is 5.91. The molecular formula is C17H20N4O4S. The molecule has 0 spiro atoms. The fourth-order valence-corrected chi connectivity index (χ4v) is 3.84. The van der Waals surface area contributed by atoms with Crippen molar-refractivity contribution in [2.45, 2.75) is 18.6 Å². The summed E-state index contributed by atoms with van der Waals surface area (Å²) in [5, 5.41) is 9.36. The van der Waals surface area contributed by atoms with Crippen LogP contribution in [0.25, 0.3) is 0 Å². The number of ether oxygens (including phenoxy) is 3. The number of aromatic nitrogens is 3. The van der Waals surface area contributed by atoms with Crippen LogP contribution in [0.5, 0.6) is 11.5 Å². The Balaban J connectivity index is 1.44. The van der Waals surface area contributed by atoms with Gasteiger partial charge in [-0.15, -0.1) is 10.2 Å². The van der Waals surface area contributed by atoms with Crippen molar-refractivity contribution in [3.63, 3.8) is 0 Å². The summed E-state index contributed by atoms with van der Waals surface area (Å²) in [6.45, 7) is 6.00. The van der Waals surface area contributed by atoms with Crippen LogP contribution in [0.1, 0.15) is 17.3 Å². The molecule has 1 aromatic carbocycles. The van der Waals surface area contributed by atoms with Crippen LogP contribution >= 0.6 is 11.8 Å². The van der Waals surface area contributed by atoms with Gasteiger partial charge in [-0.2, -0.15) is 0 Å². The minimum Gasteiger partial charge on any atom is -0.454 e. The molecule has 8 nitrogen and oxygen atoms in total. The van der Waals surface area contributed by atoms with E-state index in [1.807, 2.05) is 4.57 Å². The largest absolute Gasteiger partial charge is 0.454 e. The predicted molar refractivity (Wildman–Crippen MR) is 96.3 cm³/mol. The van der Waals surface area contributed by atoms with Crippen LogP contribution in [0.3, 0.4) is 0 Å². The molecule has 4 rings (SSSR count). The summed E-state index contributed by atoms with van der Waals surface area (Å²) in [4.78, 5) is 14.7. The summed E-state index contributed by atoms with van der Waals surface area (Å²) in [5.41, 5.74) is 0.609. The van der Waals surface area contributed by atoms with Gasteiger partial charge < -0.3 is 19.1 Å². The average Bonchev–Trinajstić information content (AvgIpc) is 3.32. The number of carbonyl (C=O) groups excluding carboxylic acids is 1. The van der Waals surface area contributed by atoms with Gasteiger partial charge in [-0.3, -0.25) is 9.36 Å². The van der Waals surface area contributed by atoms with Crippen LogP contribution < -0.4 is 14.4 Å². The summed E-state index contributed by atoms with van der Waals surface area (Å²) in [6, 6.07) is 5.26. The van der Waals surface area contributed by atoms with Crippen LogP contribution in [0.4, 0.5) is 5.95 Å². The highest BCUT2D eigenvalue weighted by molar-refractivity contribution is 7.99. The van der Waals surface area contributed by atoms with E-state index in [-0.39, 0.29) is 12.6 Å². The van der Waals surface area contributed by atoms with Crippen molar-refractivity contribution in [3.8, 4) is 11.5 Å². The van der Waals surface area contributed by atoms with Crippen molar-refractivity contribution in [2.75, 3.05) is 43.7 Å². The highest BCUT2D eigenvalue weighted by Crippen LogP contribution is 2.33. The van der Waals surface area contributed by atoms with Crippen LogP contribution in [-0.4, -0.2) is 59.4 Å². The van der Waals surface area contributed by atoms with E-state index in [9.17, 15) is 4.79 Å². The Labute approximate surface area is 155 Å². The Kier molecular flexibility index (Phi) is 4.98. The number of carbonyl (C=O) groups is 1. The van der Waals surface area contributed by atoms with Gasteiger partial charge in [-0.25, -0.2) is 0 Å². The average molecular weight is 376 g/mol. The Morgan fingerprint density at radius 1 is 1.19 bits per heavy atom. The molecule has 1 aromatic heterocycles. The van der Waals surface area contributed by atoms with Gasteiger partial charge in [0.15, 0.2) is 22.4 Å². The van der Waals surface area contributed by atoms with Crippen molar-refractivity contribution in [1.82, 2.24) is 14.8 Å². The van der Waals surface area contributed by atoms with Crippen molar-refractivity contribution < 1.29 is 19.0 Å². The van der Waals surface area contributed by atoms with Crippen LogP contribution in [0.2, 0.25) is 0 Å². The van der Waals surface area contributed by atoms with Crippen LogP contribution in [0.15, 0.2) is 23.4 Å². The van der Waals surface area contributed by atoms with Gasteiger partial charge in [-0.1, -0.05) is 11.8 Å². The van der Waals surface area contributed by atoms with E-state index in [2.05, 4.69) is 22.0 Å². The number of benzene rings is 1. The molecule has 0 N–H and O–H groups in total. The molecule has 2 aromatic rings. The first-order chi connectivity index (χ1) is 12.8. The lowest BCUT2D eigenvalue weighted by atomic mass is 10.1. The number of thioether (sulfide) groups is 1.